The first-order valence-corrected chi connectivity index (χ1v) is 5.52. The van der Waals surface area contributed by atoms with Crippen LogP contribution in [0.25, 0.3) is 0 Å². The van der Waals surface area contributed by atoms with E-state index in [0.29, 0.717) is 5.13 Å². The van der Waals surface area contributed by atoms with Gasteiger partial charge in [-0.25, -0.2) is 4.98 Å². The van der Waals surface area contributed by atoms with Gasteiger partial charge in [0, 0.05) is 11.6 Å². The van der Waals surface area contributed by atoms with Crippen LogP contribution in [0, 0.1) is 13.8 Å². The Labute approximate surface area is 92.5 Å². The van der Waals surface area contributed by atoms with Crippen LogP contribution in [0.2, 0.25) is 0 Å². The van der Waals surface area contributed by atoms with Gasteiger partial charge >= 0.3 is 0 Å². The molecule has 0 saturated carbocycles. The highest BCUT2D eigenvalue weighted by Gasteiger charge is 1.97. The number of benzene rings is 1. The molecule has 1 aromatic heterocycles. The number of thiazole rings is 1. The van der Waals surface area contributed by atoms with Crippen LogP contribution in [-0.4, -0.2) is 4.98 Å². The summed E-state index contributed by atoms with van der Waals surface area (Å²) in [6.07, 6.45) is 1.72. The Balaban J connectivity index is 2.27. The zero-order chi connectivity index (χ0) is 10.7. The van der Waals surface area contributed by atoms with Gasteiger partial charge in [0.25, 0.3) is 0 Å². The molecular formula is C11H11N3S. The van der Waals surface area contributed by atoms with Gasteiger partial charge in [-0.1, -0.05) is 12.1 Å². The van der Waals surface area contributed by atoms with Crippen molar-refractivity contribution in [2.45, 2.75) is 13.8 Å². The predicted molar refractivity (Wildman–Crippen MR) is 62.2 cm³/mol. The van der Waals surface area contributed by atoms with Crippen LogP contribution >= 0.6 is 11.3 Å². The Kier molecular flexibility index (Phi) is 2.87. The van der Waals surface area contributed by atoms with Crippen LogP contribution < -0.4 is 0 Å². The zero-order valence-corrected chi connectivity index (χ0v) is 9.45. The van der Waals surface area contributed by atoms with Crippen LogP contribution in [0.1, 0.15) is 11.1 Å². The van der Waals surface area contributed by atoms with E-state index in [9.17, 15) is 0 Å². The average Bonchev–Trinajstić information content (AvgIpc) is 2.72. The van der Waals surface area contributed by atoms with Crippen molar-refractivity contribution in [1.82, 2.24) is 4.98 Å². The number of hydrogen-bond donors (Lipinski definition) is 0. The van der Waals surface area contributed by atoms with E-state index in [1.54, 1.807) is 6.20 Å². The molecule has 76 valence electrons. The largest absolute Gasteiger partial charge is 0.229 e. The summed E-state index contributed by atoms with van der Waals surface area (Å²) in [7, 11) is 0. The van der Waals surface area contributed by atoms with Crippen LogP contribution in [0.4, 0.5) is 10.8 Å². The van der Waals surface area contributed by atoms with Gasteiger partial charge in [0.15, 0.2) is 0 Å². The molecule has 2 aromatic rings. The lowest BCUT2D eigenvalue weighted by Crippen LogP contribution is -1.75. The second kappa shape index (κ2) is 4.31. The van der Waals surface area contributed by atoms with Crippen LogP contribution in [0.5, 0.6) is 0 Å². The number of hydrogen-bond acceptors (Lipinski definition) is 4. The molecular weight excluding hydrogens is 206 g/mol. The maximum absolute atomic E-state index is 4.18. The second-order valence-corrected chi connectivity index (χ2v) is 4.18. The van der Waals surface area contributed by atoms with Crippen molar-refractivity contribution in [2.24, 2.45) is 10.2 Å². The molecule has 0 unspecified atom stereocenters. The van der Waals surface area contributed by atoms with Gasteiger partial charge in [-0.2, -0.15) is 0 Å². The lowest BCUT2D eigenvalue weighted by molar-refractivity contribution is 1.18. The molecule has 0 fully saturated rings. The van der Waals surface area contributed by atoms with Crippen molar-refractivity contribution < 1.29 is 0 Å². The number of nitrogens with zero attached hydrogens (tertiary/aromatic N) is 3. The first-order valence-electron chi connectivity index (χ1n) is 4.64. The van der Waals surface area contributed by atoms with E-state index >= 15 is 0 Å². The molecule has 0 amide bonds. The van der Waals surface area contributed by atoms with Crippen molar-refractivity contribution in [2.75, 3.05) is 0 Å². The Bertz CT molecular complexity index is 475. The molecule has 0 aliphatic heterocycles. The Morgan fingerprint density at radius 3 is 2.80 bits per heavy atom. The lowest BCUT2D eigenvalue weighted by atomic mass is 10.1. The van der Waals surface area contributed by atoms with E-state index in [1.165, 1.54) is 16.9 Å². The maximum atomic E-state index is 4.18. The molecule has 0 saturated heterocycles. The third-order valence-corrected chi connectivity index (χ3v) is 2.68. The normalized spacial score (nSPS) is 11.1. The van der Waals surface area contributed by atoms with E-state index in [2.05, 4.69) is 21.3 Å². The minimum absolute atomic E-state index is 0.691. The minimum Gasteiger partial charge on any atom is -0.226 e. The molecule has 0 bridgehead atoms. The first-order chi connectivity index (χ1) is 7.25. The molecule has 0 aliphatic rings. The van der Waals surface area contributed by atoms with Gasteiger partial charge in [-0.15, -0.1) is 21.6 Å². The fourth-order valence-corrected chi connectivity index (χ4v) is 1.64. The molecule has 0 atom stereocenters. The van der Waals surface area contributed by atoms with Gasteiger partial charge in [0.2, 0.25) is 5.13 Å². The highest BCUT2D eigenvalue weighted by molar-refractivity contribution is 7.13. The Hall–Kier alpha value is -1.55. The fraction of sp³-hybridized carbons (Fsp3) is 0.182. The van der Waals surface area contributed by atoms with Gasteiger partial charge in [0.1, 0.15) is 0 Å². The van der Waals surface area contributed by atoms with Crippen LogP contribution in [-0.2, 0) is 0 Å². The standard InChI is InChI=1S/C11H11N3S/c1-8-3-4-9(2)10(7-8)13-14-11-12-5-6-15-11/h3-7H,1-2H3/b14-13+. The van der Waals surface area contributed by atoms with Crippen molar-refractivity contribution in [3.8, 4) is 0 Å². The number of aryl methyl sites for hydroxylation is 2. The van der Waals surface area contributed by atoms with Gasteiger partial charge in [-0.3, -0.25) is 0 Å². The molecule has 1 heterocycles. The molecule has 0 spiro atoms. The summed E-state index contributed by atoms with van der Waals surface area (Å²) >= 11 is 1.48. The van der Waals surface area contributed by atoms with Gasteiger partial charge < -0.3 is 0 Å². The summed E-state index contributed by atoms with van der Waals surface area (Å²) in [6.45, 7) is 4.07. The third-order valence-electron chi connectivity index (χ3n) is 2.03. The quantitative estimate of drug-likeness (QED) is 0.695. The number of azo groups is 1. The summed E-state index contributed by atoms with van der Waals surface area (Å²) < 4.78 is 0. The van der Waals surface area contributed by atoms with Crippen molar-refractivity contribution in [1.29, 1.82) is 0 Å². The SMILES string of the molecule is Cc1ccc(C)c(/N=N/c2nccs2)c1. The topological polar surface area (TPSA) is 37.6 Å². The average molecular weight is 217 g/mol. The van der Waals surface area contributed by atoms with E-state index < -0.39 is 0 Å². The lowest BCUT2D eigenvalue weighted by Gasteiger charge is -1.98. The monoisotopic (exact) mass is 217 g/mol. The zero-order valence-electron chi connectivity index (χ0n) is 8.64. The Morgan fingerprint density at radius 1 is 1.20 bits per heavy atom. The van der Waals surface area contributed by atoms with Crippen molar-refractivity contribution in [3.63, 3.8) is 0 Å². The molecule has 3 nitrogen and oxygen atoms in total. The first kappa shape index (κ1) is 9.98. The highest BCUT2D eigenvalue weighted by atomic mass is 32.1. The third kappa shape index (κ3) is 2.47. The van der Waals surface area contributed by atoms with Crippen LogP contribution in [0.3, 0.4) is 0 Å². The fourth-order valence-electron chi connectivity index (χ4n) is 1.19. The molecule has 0 radical (unpaired) electrons. The summed E-state index contributed by atoms with van der Waals surface area (Å²) in [6, 6.07) is 6.13. The predicted octanol–water partition coefficient (Wildman–Crippen LogP) is 4.18. The van der Waals surface area contributed by atoms with E-state index in [1.807, 2.05) is 31.4 Å². The summed E-state index contributed by atoms with van der Waals surface area (Å²) in [5.74, 6) is 0. The van der Waals surface area contributed by atoms with E-state index in [0.717, 1.165) is 11.3 Å². The van der Waals surface area contributed by atoms with Gasteiger partial charge in [-0.05, 0) is 31.0 Å². The molecule has 1 aromatic carbocycles. The summed E-state index contributed by atoms with van der Waals surface area (Å²) in [5, 5.41) is 10.8. The molecule has 2 rings (SSSR count). The smallest absolute Gasteiger partial charge is 0.226 e. The van der Waals surface area contributed by atoms with E-state index in [-0.39, 0.29) is 0 Å². The molecule has 15 heavy (non-hydrogen) atoms. The van der Waals surface area contributed by atoms with E-state index in [4.69, 9.17) is 0 Å². The minimum atomic E-state index is 0.691. The number of rotatable bonds is 2. The Morgan fingerprint density at radius 2 is 2.07 bits per heavy atom. The second-order valence-electron chi connectivity index (χ2n) is 3.30. The van der Waals surface area contributed by atoms with Gasteiger partial charge in [0.05, 0.1) is 5.69 Å². The van der Waals surface area contributed by atoms with Crippen LogP contribution in [0.15, 0.2) is 40.0 Å². The highest BCUT2D eigenvalue weighted by Crippen LogP contribution is 2.23. The molecule has 0 N–H and O–H groups in total. The van der Waals surface area contributed by atoms with Crippen molar-refractivity contribution in [3.05, 3.63) is 40.9 Å². The number of aromatic nitrogens is 1. The maximum Gasteiger partial charge on any atom is 0.229 e. The molecule has 0 aliphatic carbocycles. The van der Waals surface area contributed by atoms with Crippen molar-refractivity contribution >= 4 is 22.2 Å². The summed E-state index contributed by atoms with van der Waals surface area (Å²) in [5.41, 5.74) is 3.22. The summed E-state index contributed by atoms with van der Waals surface area (Å²) in [4.78, 5) is 4.04. The molecule has 4 heteroatoms.